The van der Waals surface area contributed by atoms with Gasteiger partial charge in [0.1, 0.15) is 5.82 Å². The van der Waals surface area contributed by atoms with Gasteiger partial charge in [-0.05, 0) is 37.1 Å². The van der Waals surface area contributed by atoms with Gasteiger partial charge in [0.05, 0.1) is 11.1 Å². The van der Waals surface area contributed by atoms with Crippen LogP contribution < -0.4 is 10.1 Å². The van der Waals surface area contributed by atoms with Crippen LogP contribution in [0.2, 0.25) is 0 Å². The standard InChI is InChI=1S/C16H18F3NO3.C6H5F/c1-10(21)23-14-12(8-5-9-13(14)16(17,18)19)15(22)20-11-6-3-2-4-7-11;7-6-4-2-1-3-5-6/h5,8-9,11H,2-4,6-7H2,1H3,(H,20,22);1-5H. The predicted molar refractivity (Wildman–Crippen MR) is 103 cm³/mol. The highest BCUT2D eigenvalue weighted by Gasteiger charge is 2.37. The van der Waals surface area contributed by atoms with E-state index in [0.29, 0.717) is 0 Å². The molecule has 162 valence electrons. The van der Waals surface area contributed by atoms with Crippen molar-refractivity contribution in [1.82, 2.24) is 5.32 Å². The van der Waals surface area contributed by atoms with Crippen molar-refractivity contribution in [2.45, 2.75) is 51.2 Å². The zero-order chi connectivity index (χ0) is 22.1. The minimum atomic E-state index is -4.72. The average Bonchev–Trinajstić information content (AvgIpc) is 2.68. The van der Waals surface area contributed by atoms with Gasteiger partial charge in [-0.25, -0.2) is 4.39 Å². The van der Waals surface area contributed by atoms with Gasteiger partial charge in [0.15, 0.2) is 5.75 Å². The van der Waals surface area contributed by atoms with Gasteiger partial charge in [0.25, 0.3) is 5.91 Å². The number of hydrogen-bond acceptors (Lipinski definition) is 3. The van der Waals surface area contributed by atoms with Crippen molar-refractivity contribution in [3.8, 4) is 5.75 Å². The van der Waals surface area contributed by atoms with Gasteiger partial charge in [-0.3, -0.25) is 9.59 Å². The van der Waals surface area contributed by atoms with Gasteiger partial charge in [0.2, 0.25) is 0 Å². The second-order valence-corrected chi connectivity index (χ2v) is 6.88. The number of carbonyl (C=O) groups excluding carboxylic acids is 2. The zero-order valence-electron chi connectivity index (χ0n) is 16.5. The van der Waals surface area contributed by atoms with Crippen molar-refractivity contribution in [2.75, 3.05) is 0 Å². The number of benzene rings is 2. The maximum atomic E-state index is 13.1. The van der Waals surface area contributed by atoms with Crippen molar-refractivity contribution >= 4 is 11.9 Å². The summed E-state index contributed by atoms with van der Waals surface area (Å²) in [6, 6.07) is 11.0. The van der Waals surface area contributed by atoms with Crippen molar-refractivity contribution in [3.63, 3.8) is 0 Å². The van der Waals surface area contributed by atoms with E-state index in [1.54, 1.807) is 18.2 Å². The zero-order valence-corrected chi connectivity index (χ0v) is 16.5. The lowest BCUT2D eigenvalue weighted by Crippen LogP contribution is -2.36. The van der Waals surface area contributed by atoms with E-state index in [4.69, 9.17) is 4.74 Å². The Hall–Kier alpha value is -2.90. The fourth-order valence-electron chi connectivity index (χ4n) is 3.12. The van der Waals surface area contributed by atoms with Gasteiger partial charge in [0, 0.05) is 13.0 Å². The molecule has 1 aliphatic rings. The number of ether oxygens (including phenoxy) is 1. The molecule has 3 rings (SSSR count). The molecular formula is C22H23F4NO3. The number of hydrogen-bond donors (Lipinski definition) is 1. The first-order chi connectivity index (χ1) is 14.2. The molecule has 1 fully saturated rings. The lowest BCUT2D eigenvalue weighted by molar-refractivity contribution is -0.141. The van der Waals surface area contributed by atoms with Gasteiger partial charge in [-0.2, -0.15) is 13.2 Å². The molecule has 30 heavy (non-hydrogen) atoms. The lowest BCUT2D eigenvalue weighted by Gasteiger charge is -2.23. The third-order valence-corrected chi connectivity index (χ3v) is 4.48. The van der Waals surface area contributed by atoms with E-state index in [1.807, 2.05) is 0 Å². The van der Waals surface area contributed by atoms with Crippen LogP contribution >= 0.6 is 0 Å². The Morgan fingerprint density at radius 1 is 0.967 bits per heavy atom. The molecule has 4 nitrogen and oxygen atoms in total. The fraction of sp³-hybridized carbons (Fsp3) is 0.364. The molecule has 0 aromatic heterocycles. The molecular weight excluding hydrogens is 402 g/mol. The molecule has 1 amide bonds. The highest BCUT2D eigenvalue weighted by Crippen LogP contribution is 2.38. The largest absolute Gasteiger partial charge is 0.425 e. The Morgan fingerprint density at radius 3 is 2.10 bits per heavy atom. The Bertz CT molecular complexity index is 847. The molecule has 0 unspecified atom stereocenters. The molecule has 1 N–H and O–H groups in total. The number of alkyl halides is 3. The highest BCUT2D eigenvalue weighted by atomic mass is 19.4. The molecule has 2 aromatic rings. The topological polar surface area (TPSA) is 55.4 Å². The number of esters is 1. The van der Waals surface area contributed by atoms with E-state index < -0.39 is 29.4 Å². The molecule has 0 saturated heterocycles. The fourth-order valence-corrected chi connectivity index (χ4v) is 3.12. The smallest absolute Gasteiger partial charge is 0.420 e. The van der Waals surface area contributed by atoms with Gasteiger partial charge < -0.3 is 10.1 Å². The molecule has 1 aliphatic carbocycles. The van der Waals surface area contributed by atoms with Gasteiger partial charge in [-0.1, -0.05) is 43.5 Å². The van der Waals surface area contributed by atoms with E-state index >= 15 is 0 Å². The van der Waals surface area contributed by atoms with Crippen LogP contribution in [0.15, 0.2) is 48.5 Å². The number of carbonyl (C=O) groups is 2. The summed E-state index contributed by atoms with van der Waals surface area (Å²) in [5.74, 6) is -2.48. The van der Waals surface area contributed by atoms with Crippen LogP contribution in [0.5, 0.6) is 5.75 Å². The Morgan fingerprint density at radius 2 is 1.60 bits per heavy atom. The van der Waals surface area contributed by atoms with E-state index in [1.165, 1.54) is 18.2 Å². The number of rotatable bonds is 3. The van der Waals surface area contributed by atoms with E-state index in [0.717, 1.165) is 51.2 Å². The summed E-state index contributed by atoms with van der Waals surface area (Å²) < 4.78 is 55.8. The van der Waals surface area contributed by atoms with Crippen LogP contribution in [0.4, 0.5) is 17.6 Å². The Labute approximate surface area is 172 Å². The monoisotopic (exact) mass is 425 g/mol. The molecule has 0 heterocycles. The molecule has 0 aliphatic heterocycles. The maximum Gasteiger partial charge on any atom is 0.420 e. The number of nitrogens with one attached hydrogen (secondary N) is 1. The Kier molecular flexibility index (Phi) is 8.38. The predicted octanol–water partition coefficient (Wildman–Crippen LogP) is 5.52. The second-order valence-electron chi connectivity index (χ2n) is 6.88. The maximum absolute atomic E-state index is 13.1. The molecule has 8 heteroatoms. The van der Waals surface area contributed by atoms with Crippen molar-refractivity contribution in [1.29, 1.82) is 0 Å². The summed E-state index contributed by atoms with van der Waals surface area (Å²) in [4.78, 5) is 23.5. The summed E-state index contributed by atoms with van der Waals surface area (Å²) in [6.07, 6.45) is -0.0730. The minimum absolute atomic E-state index is 0.0593. The normalized spacial score (nSPS) is 14.3. The molecule has 0 spiro atoms. The summed E-state index contributed by atoms with van der Waals surface area (Å²) in [5, 5.41) is 2.73. The van der Waals surface area contributed by atoms with E-state index in [-0.39, 0.29) is 17.4 Å². The molecule has 0 radical (unpaired) electrons. The van der Waals surface area contributed by atoms with Crippen LogP contribution in [0.3, 0.4) is 0 Å². The van der Waals surface area contributed by atoms with Crippen LogP contribution in [-0.2, 0) is 11.0 Å². The van der Waals surface area contributed by atoms with Crippen LogP contribution in [-0.4, -0.2) is 17.9 Å². The van der Waals surface area contributed by atoms with Crippen LogP contribution in [0.25, 0.3) is 0 Å². The van der Waals surface area contributed by atoms with Crippen molar-refractivity contribution in [2.24, 2.45) is 0 Å². The first-order valence-corrected chi connectivity index (χ1v) is 9.58. The molecule has 2 aromatic carbocycles. The highest BCUT2D eigenvalue weighted by molar-refractivity contribution is 5.98. The van der Waals surface area contributed by atoms with Crippen molar-refractivity contribution in [3.05, 3.63) is 65.5 Å². The Balaban J connectivity index is 0.000000386. The first kappa shape index (κ1) is 23.4. The van der Waals surface area contributed by atoms with Crippen LogP contribution in [0, 0.1) is 5.82 Å². The molecule has 0 bridgehead atoms. The summed E-state index contributed by atoms with van der Waals surface area (Å²) >= 11 is 0. The SMILES string of the molecule is CC(=O)Oc1c(C(=O)NC2CCCCC2)cccc1C(F)(F)F.Fc1ccccc1. The average molecular weight is 425 g/mol. The third kappa shape index (κ3) is 7.17. The lowest BCUT2D eigenvalue weighted by atomic mass is 9.95. The molecule has 0 atom stereocenters. The summed E-state index contributed by atoms with van der Waals surface area (Å²) in [7, 11) is 0. The van der Waals surface area contributed by atoms with E-state index in [9.17, 15) is 27.2 Å². The minimum Gasteiger partial charge on any atom is -0.425 e. The van der Waals surface area contributed by atoms with Gasteiger partial charge >= 0.3 is 12.1 Å². The van der Waals surface area contributed by atoms with E-state index in [2.05, 4.69) is 5.32 Å². The molecule has 1 saturated carbocycles. The number of halogens is 4. The quantitative estimate of drug-likeness (QED) is 0.400. The summed E-state index contributed by atoms with van der Waals surface area (Å²) in [5.41, 5.74) is -1.41. The van der Waals surface area contributed by atoms with Crippen LogP contribution in [0.1, 0.15) is 54.9 Å². The summed E-state index contributed by atoms with van der Waals surface area (Å²) in [6.45, 7) is 0.996. The number of para-hydroxylation sites is 1. The van der Waals surface area contributed by atoms with Gasteiger partial charge in [-0.15, -0.1) is 0 Å². The first-order valence-electron chi connectivity index (χ1n) is 9.58. The number of amides is 1. The third-order valence-electron chi connectivity index (χ3n) is 4.48. The second kappa shape index (κ2) is 10.8. The van der Waals surface area contributed by atoms with Crippen molar-refractivity contribution < 1.29 is 31.9 Å².